The number of nitrogens with one attached hydrogen (secondary N) is 6. The summed E-state index contributed by atoms with van der Waals surface area (Å²) in [5.74, 6) is -3.75. The van der Waals surface area contributed by atoms with Gasteiger partial charge in [-0.15, -0.1) is 0 Å². The van der Waals surface area contributed by atoms with Gasteiger partial charge in [0.25, 0.3) is 20.2 Å². The van der Waals surface area contributed by atoms with Gasteiger partial charge in [-0.25, -0.2) is 3.53 Å². The molecule has 6 amide bonds. The minimum absolute atomic E-state index is 0.00855. The molecule has 0 radical (unpaired) electrons. The molecule has 414 valence electrons. The van der Waals surface area contributed by atoms with Gasteiger partial charge in [0.1, 0.15) is 25.0 Å². The molecule has 1 fully saturated rings. The number of nitrogens with two attached hydrogens (primary N) is 1. The molecule has 10 N–H and O–H groups in total. The van der Waals surface area contributed by atoms with E-state index >= 15 is 0 Å². The van der Waals surface area contributed by atoms with E-state index in [1.54, 1.807) is 0 Å². The monoisotopic (exact) mass is 1170 g/mol. The molecule has 0 aromatic heterocycles. The van der Waals surface area contributed by atoms with Crippen LogP contribution in [0.15, 0.2) is 0 Å². The van der Waals surface area contributed by atoms with Gasteiger partial charge in [-0.05, 0) is 63.7 Å². The van der Waals surface area contributed by atoms with Crippen molar-refractivity contribution in [3.63, 3.8) is 0 Å². The molecule has 0 saturated heterocycles. The molecule has 1 saturated carbocycles. The van der Waals surface area contributed by atoms with E-state index in [9.17, 15) is 50.2 Å². The molecule has 0 bridgehead atoms. The lowest BCUT2D eigenvalue weighted by atomic mass is 9.81. The summed E-state index contributed by atoms with van der Waals surface area (Å²) in [6, 6.07) is -1.92. The van der Waals surface area contributed by atoms with Crippen LogP contribution in [0.4, 0.5) is 0 Å². The predicted molar refractivity (Wildman–Crippen MR) is 274 cm³/mol. The lowest BCUT2D eigenvalue weighted by molar-refractivity contribution is -0.131. The van der Waals surface area contributed by atoms with E-state index in [4.69, 9.17) is 29.2 Å². The van der Waals surface area contributed by atoms with Crippen molar-refractivity contribution in [2.45, 2.75) is 147 Å². The number of hydrogen-bond acceptors (Lipinski definition) is 15. The van der Waals surface area contributed by atoms with Crippen molar-refractivity contribution in [2.24, 2.45) is 17.6 Å². The molecule has 0 unspecified atom stereocenters. The van der Waals surface area contributed by atoms with E-state index in [2.05, 4.69) is 30.1 Å². The Hall–Kier alpha value is -2.83. The van der Waals surface area contributed by atoms with Crippen LogP contribution in [0, 0.1) is 11.8 Å². The highest BCUT2D eigenvalue weighted by molar-refractivity contribution is 14.1. The molecule has 1 aliphatic rings. The molecule has 0 spiro atoms. The molecule has 23 nitrogen and oxygen atoms in total. The first-order valence-corrected chi connectivity index (χ1v) is 29.4. The minimum atomic E-state index is -4.61. The lowest BCUT2D eigenvalue weighted by Crippen LogP contribution is -2.52. The van der Waals surface area contributed by atoms with Crippen LogP contribution in [-0.2, 0) is 68.0 Å². The Morgan fingerprint density at radius 3 is 1.55 bits per heavy atom. The third kappa shape index (κ3) is 40.3. The van der Waals surface area contributed by atoms with Gasteiger partial charge in [-0.3, -0.25) is 37.9 Å². The molecule has 0 aliphatic heterocycles. The molecule has 2 atom stereocenters. The zero-order valence-electron chi connectivity index (χ0n) is 41.4. The van der Waals surface area contributed by atoms with Gasteiger partial charge in [0.15, 0.2) is 0 Å². The van der Waals surface area contributed by atoms with Crippen molar-refractivity contribution in [1.82, 2.24) is 30.1 Å². The fourth-order valence-corrected chi connectivity index (χ4v) is 9.47. The van der Waals surface area contributed by atoms with Crippen LogP contribution < -0.4 is 35.8 Å². The van der Waals surface area contributed by atoms with Gasteiger partial charge in [-0.1, -0.05) is 70.6 Å². The molecule has 0 heterocycles. The molecular weight excluding hydrogens is 1090 g/mol. The Kier molecular flexibility index (Phi) is 38.7. The summed E-state index contributed by atoms with van der Waals surface area (Å²) >= 11 is 1.88. The molecule has 1 rings (SSSR count). The second kappa shape index (κ2) is 41.5. The Morgan fingerprint density at radius 1 is 0.549 bits per heavy atom. The number of unbranched alkanes of at least 4 members (excludes halogenated alkanes) is 13. The average molecular weight is 1170 g/mol. The standard InChI is InChI=1S/C45H84IN7O16S2/c46-53-38(43(47)57)16-13-14-22-48-41(55)33-68-29-27-66-25-23-49-42(56)34-69-30-28-67-26-24-50-45(59)39(35-71(63,64)65)52-44(58)37-20-18-36(19-21-37)32-51-40(54)17-12-10-8-6-4-2-1-3-5-7-9-11-15-31-70(60,61)62/h36-39,53H,1-35H2,(H2,47,57)(H,48,55)(H,49,56)(H,50,59)(H,51,54)(H,52,58)(H,60,61,62)(H,63,64,65)/t36-,37-,38-,39-/m0/s1. The fraction of sp³-hybridized carbons (Fsp3) is 0.867. The van der Waals surface area contributed by atoms with Gasteiger partial charge in [-0.2, -0.15) is 16.8 Å². The summed E-state index contributed by atoms with van der Waals surface area (Å²) in [6.45, 7) is 1.65. The molecule has 0 aromatic rings. The van der Waals surface area contributed by atoms with Crippen molar-refractivity contribution in [2.75, 3.05) is 90.5 Å². The maximum Gasteiger partial charge on any atom is 0.267 e. The normalized spacial score (nSPS) is 15.9. The fourth-order valence-electron chi connectivity index (χ4n) is 7.63. The number of carbonyl (C=O) groups is 6. The van der Waals surface area contributed by atoms with Crippen LogP contribution in [0.2, 0.25) is 0 Å². The maximum absolute atomic E-state index is 13.1. The highest BCUT2D eigenvalue weighted by Crippen LogP contribution is 2.29. The second-order valence-electron chi connectivity index (χ2n) is 17.8. The lowest BCUT2D eigenvalue weighted by Gasteiger charge is -2.29. The van der Waals surface area contributed by atoms with Crippen LogP contribution >= 0.6 is 22.9 Å². The number of amides is 6. The Balaban J connectivity index is 2.09. The molecule has 1 aliphatic carbocycles. The number of hydrogen-bond donors (Lipinski definition) is 9. The summed E-state index contributed by atoms with van der Waals surface area (Å²) in [4.78, 5) is 73.4. The van der Waals surface area contributed by atoms with Gasteiger partial charge < -0.3 is 51.3 Å². The molecule has 71 heavy (non-hydrogen) atoms. The van der Waals surface area contributed by atoms with Gasteiger partial charge >= 0.3 is 0 Å². The van der Waals surface area contributed by atoms with Crippen LogP contribution in [0.3, 0.4) is 0 Å². The number of halogens is 1. The second-order valence-corrected chi connectivity index (χ2v) is 21.5. The zero-order valence-corrected chi connectivity index (χ0v) is 45.2. The quantitative estimate of drug-likeness (QED) is 0.0182. The molecule has 26 heteroatoms. The average Bonchev–Trinajstić information content (AvgIpc) is 3.31. The highest BCUT2D eigenvalue weighted by Gasteiger charge is 2.31. The third-order valence-electron chi connectivity index (χ3n) is 11.7. The van der Waals surface area contributed by atoms with Crippen LogP contribution in [-0.4, -0.2) is 164 Å². The Labute approximate surface area is 435 Å². The number of ether oxygens (including phenoxy) is 4. The van der Waals surface area contributed by atoms with Crippen LogP contribution in [0.25, 0.3) is 0 Å². The van der Waals surface area contributed by atoms with E-state index in [1.165, 1.54) is 25.7 Å². The van der Waals surface area contributed by atoms with E-state index in [0.29, 0.717) is 64.5 Å². The zero-order chi connectivity index (χ0) is 52.6. The van der Waals surface area contributed by atoms with Crippen LogP contribution in [0.1, 0.15) is 135 Å². The van der Waals surface area contributed by atoms with Gasteiger partial charge in [0, 0.05) is 61.4 Å². The van der Waals surface area contributed by atoms with Crippen molar-refractivity contribution in [3.8, 4) is 0 Å². The number of carbonyl (C=O) groups excluding carboxylic acids is 6. The molecule has 0 aromatic carbocycles. The summed E-state index contributed by atoms with van der Waals surface area (Å²) < 4.78 is 87.2. The Morgan fingerprint density at radius 2 is 1.04 bits per heavy atom. The van der Waals surface area contributed by atoms with Gasteiger partial charge in [0.05, 0.1) is 51.4 Å². The van der Waals surface area contributed by atoms with E-state index in [1.807, 2.05) is 22.9 Å². The van der Waals surface area contributed by atoms with Crippen molar-refractivity contribution in [3.05, 3.63) is 0 Å². The predicted octanol–water partition coefficient (Wildman–Crippen LogP) is 2.01. The molecular formula is C45H84IN7O16S2. The van der Waals surface area contributed by atoms with E-state index in [0.717, 1.165) is 57.8 Å². The first-order valence-electron chi connectivity index (χ1n) is 25.1. The highest BCUT2D eigenvalue weighted by atomic mass is 127. The van der Waals surface area contributed by atoms with Crippen LogP contribution in [0.5, 0.6) is 0 Å². The summed E-state index contributed by atoms with van der Waals surface area (Å²) in [7, 11) is -8.46. The largest absolute Gasteiger partial charge is 0.377 e. The van der Waals surface area contributed by atoms with Crippen molar-refractivity contribution >= 4 is 78.5 Å². The van der Waals surface area contributed by atoms with E-state index in [-0.39, 0.29) is 95.3 Å². The van der Waals surface area contributed by atoms with Crippen molar-refractivity contribution in [1.29, 1.82) is 0 Å². The third-order valence-corrected chi connectivity index (χ3v) is 14.0. The topological polar surface area (TPSA) is 346 Å². The maximum atomic E-state index is 13.1. The summed E-state index contributed by atoms with van der Waals surface area (Å²) in [6.07, 6.45) is 18.1. The van der Waals surface area contributed by atoms with Crippen molar-refractivity contribution < 1.29 is 73.7 Å². The summed E-state index contributed by atoms with van der Waals surface area (Å²) in [5, 5.41) is 13.4. The number of rotatable bonds is 46. The van der Waals surface area contributed by atoms with Gasteiger partial charge in [0.2, 0.25) is 35.4 Å². The SMILES string of the molecule is NC(=O)[C@H](CCCCNC(=O)COCCOCCNC(=O)COCCOCCNC(=O)[C@H](CS(=O)(=O)O)NC(=O)[C@H]1CC[C@H](CNC(=O)CCCCCCCCCCCCCCCS(=O)(=O)O)CC1)NI. The first kappa shape index (κ1) is 66.2. The first-order chi connectivity index (χ1) is 33.9. The smallest absolute Gasteiger partial charge is 0.267 e. The minimum Gasteiger partial charge on any atom is -0.377 e. The summed E-state index contributed by atoms with van der Waals surface area (Å²) in [5.41, 5.74) is 5.27. The van der Waals surface area contributed by atoms with E-state index < -0.39 is 61.7 Å². The number of primary amides is 1. The Bertz CT molecular complexity index is 1730.